The van der Waals surface area contributed by atoms with Crippen LogP contribution in [0.2, 0.25) is 0 Å². The number of hydrogen-bond donors (Lipinski definition) is 0. The van der Waals surface area contributed by atoms with Crippen molar-refractivity contribution in [3.63, 3.8) is 0 Å². The summed E-state index contributed by atoms with van der Waals surface area (Å²) in [7, 11) is 1.42. The van der Waals surface area contributed by atoms with Gasteiger partial charge in [0.2, 0.25) is 0 Å². The molecule has 0 aliphatic rings. The highest BCUT2D eigenvalue weighted by atomic mass is 32.2. The third-order valence-electron chi connectivity index (χ3n) is 2.07. The Morgan fingerprint density at radius 1 is 1.60 bits per heavy atom. The minimum absolute atomic E-state index is 0.0792. The molecule has 0 aliphatic carbocycles. The van der Waals surface area contributed by atoms with Crippen LogP contribution in [0.25, 0.3) is 0 Å². The van der Waals surface area contributed by atoms with Crippen molar-refractivity contribution in [1.82, 2.24) is 4.98 Å². The highest BCUT2D eigenvalue weighted by molar-refractivity contribution is 8.01. The van der Waals surface area contributed by atoms with Crippen LogP contribution in [0.5, 0.6) is 0 Å². The van der Waals surface area contributed by atoms with Crippen LogP contribution in [-0.4, -0.2) is 23.8 Å². The number of hydrogen-bond acceptors (Lipinski definition) is 5. The molecule has 84 valence electrons. The van der Waals surface area contributed by atoms with Crippen molar-refractivity contribution in [2.75, 3.05) is 12.9 Å². The van der Waals surface area contributed by atoms with E-state index in [9.17, 15) is 4.79 Å². The molecule has 15 heavy (non-hydrogen) atoms. The molecule has 0 saturated heterocycles. The summed E-state index contributed by atoms with van der Waals surface area (Å²) in [6, 6.07) is 0. The van der Waals surface area contributed by atoms with Gasteiger partial charge in [-0.15, -0.1) is 11.3 Å². The van der Waals surface area contributed by atoms with Crippen LogP contribution in [0.15, 0.2) is 4.34 Å². The summed E-state index contributed by atoms with van der Waals surface area (Å²) in [5.41, 5.74) is 1.08. The molecular weight excluding hydrogens is 230 g/mol. The average Bonchev–Trinajstić information content (AvgIpc) is 2.54. The van der Waals surface area contributed by atoms with Crippen molar-refractivity contribution in [2.24, 2.45) is 5.92 Å². The fraction of sp³-hybridized carbons (Fsp3) is 0.600. The number of aromatic nitrogens is 1. The number of rotatable bonds is 4. The van der Waals surface area contributed by atoms with Crippen molar-refractivity contribution in [1.29, 1.82) is 0 Å². The summed E-state index contributed by atoms with van der Waals surface area (Å²) in [5, 5.41) is 0. The van der Waals surface area contributed by atoms with Gasteiger partial charge in [0, 0.05) is 10.6 Å². The van der Waals surface area contributed by atoms with Gasteiger partial charge in [0.25, 0.3) is 0 Å². The number of thioether (sulfide) groups is 1. The number of thiazole rings is 1. The van der Waals surface area contributed by atoms with E-state index in [1.165, 1.54) is 12.0 Å². The molecule has 1 aromatic rings. The monoisotopic (exact) mass is 245 g/mol. The Balaban J connectivity index is 2.47. The molecule has 1 unspecified atom stereocenters. The minimum Gasteiger partial charge on any atom is -0.469 e. The molecule has 0 saturated carbocycles. The first kappa shape index (κ1) is 12.5. The van der Waals surface area contributed by atoms with Crippen LogP contribution < -0.4 is 0 Å². The van der Waals surface area contributed by atoms with Crippen LogP contribution in [0.4, 0.5) is 0 Å². The SMILES string of the molecule is COC(=O)C(C)CSc1nc(C)c(C)s1. The van der Waals surface area contributed by atoms with Gasteiger partial charge in [-0.1, -0.05) is 18.7 Å². The smallest absolute Gasteiger partial charge is 0.309 e. The largest absolute Gasteiger partial charge is 0.469 e. The van der Waals surface area contributed by atoms with E-state index in [1.807, 2.05) is 13.8 Å². The fourth-order valence-corrected chi connectivity index (χ4v) is 3.15. The Kier molecular flexibility index (Phi) is 4.60. The maximum atomic E-state index is 11.2. The zero-order chi connectivity index (χ0) is 11.4. The van der Waals surface area contributed by atoms with Crippen LogP contribution in [-0.2, 0) is 9.53 Å². The van der Waals surface area contributed by atoms with Gasteiger partial charge in [0.05, 0.1) is 18.7 Å². The second-order valence-corrected chi connectivity index (χ2v) is 5.83. The molecular formula is C10H15NO2S2. The van der Waals surface area contributed by atoms with Gasteiger partial charge in [0.15, 0.2) is 0 Å². The molecule has 0 amide bonds. The summed E-state index contributed by atoms with van der Waals surface area (Å²) in [6.45, 7) is 5.92. The summed E-state index contributed by atoms with van der Waals surface area (Å²) in [5.74, 6) is 0.482. The fourth-order valence-electron chi connectivity index (χ4n) is 0.971. The summed E-state index contributed by atoms with van der Waals surface area (Å²) in [6.07, 6.45) is 0. The molecule has 0 radical (unpaired) electrons. The molecule has 0 aromatic carbocycles. The summed E-state index contributed by atoms with van der Waals surface area (Å²) >= 11 is 3.29. The standard InChI is InChI=1S/C10H15NO2S2/c1-6(9(12)13-4)5-14-10-11-7(2)8(3)15-10/h6H,5H2,1-4H3. The molecule has 1 atom stereocenters. The van der Waals surface area contributed by atoms with E-state index in [1.54, 1.807) is 23.1 Å². The average molecular weight is 245 g/mol. The van der Waals surface area contributed by atoms with Crippen molar-refractivity contribution in [2.45, 2.75) is 25.1 Å². The third kappa shape index (κ3) is 3.50. The normalized spacial score (nSPS) is 12.5. The van der Waals surface area contributed by atoms with Gasteiger partial charge in [0.1, 0.15) is 4.34 Å². The number of esters is 1. The van der Waals surface area contributed by atoms with Crippen molar-refractivity contribution < 1.29 is 9.53 Å². The van der Waals surface area contributed by atoms with E-state index in [0.717, 1.165) is 15.8 Å². The van der Waals surface area contributed by atoms with Crippen molar-refractivity contribution >= 4 is 29.1 Å². The van der Waals surface area contributed by atoms with Gasteiger partial charge < -0.3 is 4.74 Å². The molecule has 0 N–H and O–H groups in total. The van der Waals surface area contributed by atoms with Gasteiger partial charge in [-0.3, -0.25) is 4.79 Å². The maximum absolute atomic E-state index is 11.2. The molecule has 0 spiro atoms. The lowest BCUT2D eigenvalue weighted by atomic mass is 10.2. The van der Waals surface area contributed by atoms with E-state index in [0.29, 0.717) is 0 Å². The Morgan fingerprint density at radius 3 is 2.73 bits per heavy atom. The number of carbonyl (C=O) groups excluding carboxylic acids is 1. The van der Waals surface area contributed by atoms with Gasteiger partial charge in [-0.25, -0.2) is 4.98 Å². The highest BCUT2D eigenvalue weighted by Crippen LogP contribution is 2.27. The highest BCUT2D eigenvalue weighted by Gasteiger charge is 2.14. The van der Waals surface area contributed by atoms with Crippen LogP contribution in [0.1, 0.15) is 17.5 Å². The van der Waals surface area contributed by atoms with Gasteiger partial charge in [-0.2, -0.15) is 0 Å². The molecule has 1 heterocycles. The molecule has 0 bridgehead atoms. The van der Waals surface area contributed by atoms with E-state index in [-0.39, 0.29) is 11.9 Å². The van der Waals surface area contributed by atoms with E-state index in [4.69, 9.17) is 0 Å². The zero-order valence-electron chi connectivity index (χ0n) is 9.36. The second-order valence-electron chi connectivity index (χ2n) is 3.36. The third-order valence-corrected chi connectivity index (χ3v) is 4.55. The molecule has 1 aromatic heterocycles. The van der Waals surface area contributed by atoms with Gasteiger partial charge in [-0.05, 0) is 13.8 Å². The van der Waals surface area contributed by atoms with E-state index < -0.39 is 0 Å². The molecule has 0 fully saturated rings. The van der Waals surface area contributed by atoms with Crippen LogP contribution in [0, 0.1) is 19.8 Å². The predicted molar refractivity (Wildman–Crippen MR) is 63.5 cm³/mol. The minimum atomic E-state index is -0.160. The van der Waals surface area contributed by atoms with Crippen molar-refractivity contribution in [3.8, 4) is 0 Å². The van der Waals surface area contributed by atoms with Crippen LogP contribution in [0.3, 0.4) is 0 Å². The predicted octanol–water partition coefficient (Wildman–Crippen LogP) is 2.66. The quantitative estimate of drug-likeness (QED) is 0.604. The number of aryl methyl sites for hydroxylation is 2. The number of methoxy groups -OCH3 is 1. The Hall–Kier alpha value is -0.550. The lowest BCUT2D eigenvalue weighted by Crippen LogP contribution is -2.14. The van der Waals surface area contributed by atoms with Crippen molar-refractivity contribution in [3.05, 3.63) is 10.6 Å². The van der Waals surface area contributed by atoms with E-state index >= 15 is 0 Å². The lowest BCUT2D eigenvalue weighted by Gasteiger charge is -2.06. The first-order valence-electron chi connectivity index (χ1n) is 4.69. The Labute approximate surface area is 98.2 Å². The summed E-state index contributed by atoms with van der Waals surface area (Å²) in [4.78, 5) is 16.8. The molecule has 5 heteroatoms. The van der Waals surface area contributed by atoms with Crippen LogP contribution >= 0.6 is 23.1 Å². The molecule has 0 aliphatic heterocycles. The molecule has 3 nitrogen and oxygen atoms in total. The Bertz CT molecular complexity index is 330. The lowest BCUT2D eigenvalue weighted by molar-refractivity contribution is -0.143. The summed E-state index contributed by atoms with van der Waals surface area (Å²) < 4.78 is 5.69. The first-order valence-corrected chi connectivity index (χ1v) is 6.49. The maximum Gasteiger partial charge on any atom is 0.309 e. The number of nitrogens with zero attached hydrogens (tertiary/aromatic N) is 1. The number of ether oxygens (including phenoxy) is 1. The first-order chi connectivity index (χ1) is 7.04. The van der Waals surface area contributed by atoms with E-state index in [2.05, 4.69) is 16.6 Å². The van der Waals surface area contributed by atoms with Gasteiger partial charge >= 0.3 is 5.97 Å². The number of carbonyl (C=O) groups is 1. The second kappa shape index (κ2) is 5.51. The topological polar surface area (TPSA) is 39.2 Å². The molecule has 1 rings (SSSR count). The Morgan fingerprint density at radius 2 is 2.27 bits per heavy atom. The zero-order valence-corrected chi connectivity index (χ0v) is 11.0.